The van der Waals surface area contributed by atoms with Crippen molar-refractivity contribution < 1.29 is 4.18 Å². The van der Waals surface area contributed by atoms with Crippen molar-refractivity contribution in [1.29, 1.82) is 0 Å². The molecule has 0 aliphatic carbocycles. The van der Waals surface area contributed by atoms with E-state index >= 15 is 0 Å². The van der Waals surface area contributed by atoms with Crippen molar-refractivity contribution >= 4 is 26.8 Å². The van der Waals surface area contributed by atoms with Gasteiger partial charge in [-0.1, -0.05) is 12.1 Å². The Morgan fingerprint density at radius 2 is 2.20 bits per heavy atom. The molecule has 1 aromatic rings. The van der Waals surface area contributed by atoms with Gasteiger partial charge < -0.3 is 4.18 Å². The Hall–Kier alpha value is -0.610. The van der Waals surface area contributed by atoms with Crippen LogP contribution in [0.5, 0.6) is 5.75 Å². The van der Waals surface area contributed by atoms with Crippen molar-refractivity contribution in [1.82, 2.24) is 0 Å². The summed E-state index contributed by atoms with van der Waals surface area (Å²) in [5.74, 6) is 0.862. The maximum atomic E-state index is 5.24. The minimum absolute atomic E-state index is 0.536. The van der Waals surface area contributed by atoms with E-state index in [1.54, 1.807) is 0 Å². The molecule has 4 heteroatoms. The predicted molar refractivity (Wildman–Crippen MR) is 45.4 cm³/mol. The number of nitrogens with one attached hydrogen (secondary N) is 1. The zero-order chi connectivity index (χ0) is 6.97. The highest BCUT2D eigenvalue weighted by Crippen LogP contribution is 2.29. The molecule has 2 rings (SSSR count). The fourth-order valence-corrected chi connectivity index (χ4v) is 2.00. The second-order valence-electron chi connectivity index (χ2n) is 1.92. The lowest BCUT2D eigenvalue weighted by atomic mass is 10.3. The van der Waals surface area contributed by atoms with E-state index in [0.29, 0.717) is 0 Å². The molecule has 1 heterocycles. The highest BCUT2D eigenvalue weighted by atomic mass is 32.8. The molecular formula is C6H5NOS2. The Morgan fingerprint density at radius 3 is 3.00 bits per heavy atom. The van der Waals surface area contributed by atoms with Crippen molar-refractivity contribution in [2.75, 3.05) is 4.72 Å². The number of fused-ring (bicyclic) bond motifs is 1. The first-order valence-corrected chi connectivity index (χ1v) is 4.89. The van der Waals surface area contributed by atoms with Gasteiger partial charge in [0.15, 0.2) is 15.7 Å². The molecule has 0 bridgehead atoms. The van der Waals surface area contributed by atoms with Gasteiger partial charge in [0.1, 0.15) is 0 Å². The van der Waals surface area contributed by atoms with Crippen LogP contribution < -0.4 is 8.91 Å². The van der Waals surface area contributed by atoms with Gasteiger partial charge in [-0.05, 0) is 12.1 Å². The minimum Gasteiger partial charge on any atom is -0.403 e. The normalized spacial score (nSPS) is 21.0. The molecule has 1 atom stereocenters. The van der Waals surface area contributed by atoms with Crippen molar-refractivity contribution in [2.24, 2.45) is 0 Å². The first-order chi connectivity index (χ1) is 4.86. The van der Waals surface area contributed by atoms with Crippen LogP contribution in [0, 0.1) is 0 Å². The van der Waals surface area contributed by atoms with Crippen LogP contribution >= 0.6 is 0 Å². The van der Waals surface area contributed by atoms with Gasteiger partial charge in [-0.15, -0.1) is 0 Å². The minimum atomic E-state index is -0.536. The Labute approximate surface area is 66.1 Å². The number of hydrogen-bond acceptors (Lipinski definition) is 2. The van der Waals surface area contributed by atoms with E-state index in [9.17, 15) is 0 Å². The Morgan fingerprint density at radius 1 is 1.40 bits per heavy atom. The number of para-hydroxylation sites is 2. The molecule has 1 aliphatic rings. The van der Waals surface area contributed by atoms with E-state index in [1.807, 2.05) is 24.3 Å². The third kappa shape index (κ3) is 0.892. The first-order valence-electron chi connectivity index (χ1n) is 2.82. The summed E-state index contributed by atoms with van der Waals surface area (Å²) in [6.07, 6.45) is 0. The van der Waals surface area contributed by atoms with E-state index in [1.165, 1.54) is 0 Å². The fraction of sp³-hybridized carbons (Fsp3) is 0. The lowest BCUT2D eigenvalue weighted by molar-refractivity contribution is 0.660. The van der Waals surface area contributed by atoms with Crippen LogP contribution in [-0.4, -0.2) is 0 Å². The molecule has 0 spiro atoms. The summed E-state index contributed by atoms with van der Waals surface area (Å²) in [6, 6.07) is 7.74. The standard InChI is InChI=1S/C6H5NOS2/c9-10-7-5-3-1-2-4-6(5)8-10/h1-4,7H. The van der Waals surface area contributed by atoms with E-state index in [2.05, 4.69) is 4.72 Å². The largest absolute Gasteiger partial charge is 0.403 e. The van der Waals surface area contributed by atoms with Gasteiger partial charge in [-0.3, -0.25) is 4.72 Å². The lowest BCUT2D eigenvalue weighted by Crippen LogP contribution is -1.98. The van der Waals surface area contributed by atoms with E-state index in [-0.39, 0.29) is 0 Å². The summed E-state index contributed by atoms with van der Waals surface area (Å²) >= 11 is 4.90. The molecule has 0 fully saturated rings. The zero-order valence-electron chi connectivity index (χ0n) is 5.03. The van der Waals surface area contributed by atoms with Gasteiger partial charge >= 0.3 is 0 Å². The average molecular weight is 171 g/mol. The molecule has 0 amide bonds. The summed E-state index contributed by atoms with van der Waals surface area (Å²) in [6.45, 7) is 0. The zero-order valence-corrected chi connectivity index (χ0v) is 6.67. The molecule has 1 aliphatic heterocycles. The maximum Gasteiger partial charge on any atom is 0.163 e. The monoisotopic (exact) mass is 171 g/mol. The number of hydrogen-bond donors (Lipinski definition) is 1. The highest BCUT2D eigenvalue weighted by Gasteiger charge is 2.12. The Balaban J connectivity index is 2.51. The Kier molecular flexibility index (Phi) is 1.35. The second-order valence-corrected chi connectivity index (χ2v) is 3.66. The fourth-order valence-electron chi connectivity index (χ4n) is 0.816. The molecule has 0 radical (unpaired) electrons. The third-order valence-electron chi connectivity index (χ3n) is 1.25. The molecule has 10 heavy (non-hydrogen) atoms. The molecule has 1 unspecified atom stereocenters. The van der Waals surface area contributed by atoms with E-state index in [4.69, 9.17) is 15.4 Å². The summed E-state index contributed by atoms with van der Waals surface area (Å²) in [5.41, 5.74) is 1.00. The summed E-state index contributed by atoms with van der Waals surface area (Å²) in [7, 11) is -0.536. The number of rotatable bonds is 0. The van der Waals surface area contributed by atoms with Crippen LogP contribution in [0.15, 0.2) is 24.3 Å². The topological polar surface area (TPSA) is 21.3 Å². The first kappa shape index (κ1) is 6.12. The lowest BCUT2D eigenvalue weighted by Gasteiger charge is -1.90. The maximum absolute atomic E-state index is 5.24. The molecule has 0 aromatic heterocycles. The molecule has 0 saturated carbocycles. The predicted octanol–water partition coefficient (Wildman–Crippen LogP) is 1.40. The molecule has 0 saturated heterocycles. The van der Waals surface area contributed by atoms with Crippen molar-refractivity contribution in [3.05, 3.63) is 24.3 Å². The molecular weight excluding hydrogens is 166 g/mol. The molecule has 52 valence electrons. The SMILES string of the molecule is S=S1Nc2ccccc2O1. The van der Waals surface area contributed by atoms with Gasteiger partial charge in [0.25, 0.3) is 0 Å². The van der Waals surface area contributed by atoms with Crippen LogP contribution in [0.2, 0.25) is 0 Å². The number of benzene rings is 1. The van der Waals surface area contributed by atoms with Crippen LogP contribution in [0.3, 0.4) is 0 Å². The van der Waals surface area contributed by atoms with Crippen molar-refractivity contribution in [3.63, 3.8) is 0 Å². The van der Waals surface area contributed by atoms with Crippen LogP contribution in [0.4, 0.5) is 5.69 Å². The third-order valence-corrected chi connectivity index (χ3v) is 2.42. The van der Waals surface area contributed by atoms with Crippen molar-refractivity contribution in [3.8, 4) is 5.75 Å². The highest BCUT2D eigenvalue weighted by molar-refractivity contribution is 8.27. The Bertz CT molecular complexity index is 260. The quantitative estimate of drug-likeness (QED) is 0.637. The number of anilines is 1. The van der Waals surface area contributed by atoms with Gasteiger partial charge in [-0.2, -0.15) is 0 Å². The molecule has 2 nitrogen and oxygen atoms in total. The van der Waals surface area contributed by atoms with Crippen LogP contribution in [-0.2, 0) is 21.1 Å². The van der Waals surface area contributed by atoms with Gasteiger partial charge in [0.2, 0.25) is 0 Å². The molecule has 1 aromatic carbocycles. The van der Waals surface area contributed by atoms with Crippen molar-refractivity contribution in [2.45, 2.75) is 0 Å². The van der Waals surface area contributed by atoms with Crippen LogP contribution in [0.1, 0.15) is 0 Å². The summed E-state index contributed by atoms with van der Waals surface area (Å²) in [4.78, 5) is 0. The van der Waals surface area contributed by atoms with Gasteiger partial charge in [-0.25, -0.2) is 0 Å². The summed E-state index contributed by atoms with van der Waals surface area (Å²) < 4.78 is 8.26. The van der Waals surface area contributed by atoms with E-state index < -0.39 is 9.92 Å². The van der Waals surface area contributed by atoms with E-state index in [0.717, 1.165) is 11.4 Å². The smallest absolute Gasteiger partial charge is 0.163 e. The second kappa shape index (κ2) is 2.21. The molecule has 1 N–H and O–H groups in total. The summed E-state index contributed by atoms with van der Waals surface area (Å²) in [5, 5.41) is 0. The van der Waals surface area contributed by atoms with Crippen LogP contribution in [0.25, 0.3) is 0 Å². The van der Waals surface area contributed by atoms with Gasteiger partial charge in [0.05, 0.1) is 5.69 Å². The average Bonchev–Trinajstić information content (AvgIpc) is 2.27. The van der Waals surface area contributed by atoms with Gasteiger partial charge in [0, 0.05) is 11.2 Å².